The SMILES string of the molecule is COc1cc(CN(C)c2ccc(S(=O)(=O)N3CCOCC3)cn2)ccc1SC. The Labute approximate surface area is 170 Å². The summed E-state index contributed by atoms with van der Waals surface area (Å²) in [6, 6.07) is 9.46. The Morgan fingerprint density at radius 3 is 2.61 bits per heavy atom. The molecule has 2 heterocycles. The van der Waals surface area contributed by atoms with E-state index in [1.165, 1.54) is 10.5 Å². The summed E-state index contributed by atoms with van der Waals surface area (Å²) in [4.78, 5) is 7.63. The average molecular weight is 424 g/mol. The number of thioether (sulfide) groups is 1. The molecular weight excluding hydrogens is 398 g/mol. The molecule has 9 heteroatoms. The first-order valence-electron chi connectivity index (χ1n) is 8.91. The Balaban J connectivity index is 1.72. The smallest absolute Gasteiger partial charge is 0.244 e. The van der Waals surface area contributed by atoms with Crippen molar-refractivity contribution in [3.05, 3.63) is 42.1 Å². The van der Waals surface area contributed by atoms with Gasteiger partial charge in [-0.05, 0) is 36.1 Å². The average Bonchev–Trinajstić information content (AvgIpc) is 2.74. The van der Waals surface area contributed by atoms with E-state index in [-0.39, 0.29) is 4.90 Å². The summed E-state index contributed by atoms with van der Waals surface area (Å²) >= 11 is 1.64. The number of pyridine rings is 1. The first kappa shape index (κ1) is 20.9. The summed E-state index contributed by atoms with van der Waals surface area (Å²) in [5, 5.41) is 0. The first-order valence-corrected chi connectivity index (χ1v) is 11.6. The lowest BCUT2D eigenvalue weighted by atomic mass is 10.2. The summed E-state index contributed by atoms with van der Waals surface area (Å²) < 4.78 is 37.5. The molecule has 1 saturated heterocycles. The van der Waals surface area contributed by atoms with E-state index in [9.17, 15) is 8.42 Å². The Morgan fingerprint density at radius 2 is 2.00 bits per heavy atom. The molecule has 3 rings (SSSR count). The largest absolute Gasteiger partial charge is 0.496 e. The van der Waals surface area contributed by atoms with Gasteiger partial charge in [-0.15, -0.1) is 11.8 Å². The lowest BCUT2D eigenvalue weighted by molar-refractivity contribution is 0.0730. The summed E-state index contributed by atoms with van der Waals surface area (Å²) in [6.07, 6.45) is 3.44. The van der Waals surface area contributed by atoms with Gasteiger partial charge in [0.2, 0.25) is 10.0 Å². The lowest BCUT2D eigenvalue weighted by Crippen LogP contribution is -2.40. The Morgan fingerprint density at radius 1 is 1.25 bits per heavy atom. The molecule has 0 radical (unpaired) electrons. The molecule has 28 heavy (non-hydrogen) atoms. The number of methoxy groups -OCH3 is 1. The van der Waals surface area contributed by atoms with Crippen LogP contribution in [-0.2, 0) is 21.3 Å². The van der Waals surface area contributed by atoms with Crippen LogP contribution >= 0.6 is 11.8 Å². The Bertz CT molecular complexity index is 898. The van der Waals surface area contributed by atoms with Gasteiger partial charge in [0.25, 0.3) is 0 Å². The molecule has 1 aliphatic rings. The summed E-state index contributed by atoms with van der Waals surface area (Å²) in [6.45, 7) is 2.22. The summed E-state index contributed by atoms with van der Waals surface area (Å²) in [5.74, 6) is 1.55. The molecule has 0 aliphatic carbocycles. The minimum absolute atomic E-state index is 0.206. The minimum atomic E-state index is -3.53. The van der Waals surface area contributed by atoms with Gasteiger partial charge in [-0.2, -0.15) is 4.31 Å². The number of morpholine rings is 1. The van der Waals surface area contributed by atoms with Crippen molar-refractivity contribution < 1.29 is 17.9 Å². The Kier molecular flexibility index (Phi) is 6.82. The van der Waals surface area contributed by atoms with E-state index in [4.69, 9.17) is 9.47 Å². The van der Waals surface area contributed by atoms with Crippen LogP contribution in [0.1, 0.15) is 5.56 Å². The molecule has 0 amide bonds. The predicted molar refractivity (Wildman–Crippen MR) is 111 cm³/mol. The minimum Gasteiger partial charge on any atom is -0.496 e. The highest BCUT2D eigenvalue weighted by molar-refractivity contribution is 7.98. The van der Waals surface area contributed by atoms with E-state index >= 15 is 0 Å². The molecule has 0 unspecified atom stereocenters. The van der Waals surface area contributed by atoms with Gasteiger partial charge in [0.05, 0.1) is 20.3 Å². The maximum atomic E-state index is 12.7. The molecule has 0 spiro atoms. The van der Waals surface area contributed by atoms with Gasteiger partial charge in [-0.25, -0.2) is 13.4 Å². The van der Waals surface area contributed by atoms with E-state index in [1.54, 1.807) is 31.0 Å². The number of ether oxygens (including phenoxy) is 2. The van der Waals surface area contributed by atoms with Crippen LogP contribution in [0.4, 0.5) is 5.82 Å². The molecule has 2 aromatic rings. The molecular formula is C19H25N3O4S2. The van der Waals surface area contributed by atoms with Crippen molar-refractivity contribution in [3.63, 3.8) is 0 Å². The van der Waals surface area contributed by atoms with Crippen LogP contribution in [0.15, 0.2) is 46.3 Å². The fourth-order valence-electron chi connectivity index (χ4n) is 3.02. The quantitative estimate of drug-likeness (QED) is 0.634. The fourth-order valence-corrected chi connectivity index (χ4v) is 4.92. The van der Waals surface area contributed by atoms with Crippen LogP contribution in [0.3, 0.4) is 0 Å². The predicted octanol–water partition coefficient (Wildman–Crippen LogP) is 2.47. The molecule has 1 fully saturated rings. The maximum Gasteiger partial charge on any atom is 0.244 e. The second-order valence-electron chi connectivity index (χ2n) is 6.41. The molecule has 0 saturated carbocycles. The molecule has 1 aliphatic heterocycles. The van der Waals surface area contributed by atoms with E-state index in [1.807, 2.05) is 30.3 Å². The van der Waals surface area contributed by atoms with Gasteiger partial charge in [0.1, 0.15) is 16.5 Å². The zero-order chi connectivity index (χ0) is 20.1. The maximum absolute atomic E-state index is 12.7. The zero-order valence-electron chi connectivity index (χ0n) is 16.3. The highest BCUT2D eigenvalue weighted by Crippen LogP contribution is 2.29. The van der Waals surface area contributed by atoms with Gasteiger partial charge < -0.3 is 14.4 Å². The topological polar surface area (TPSA) is 72.0 Å². The van der Waals surface area contributed by atoms with Crippen molar-refractivity contribution in [2.45, 2.75) is 16.3 Å². The van der Waals surface area contributed by atoms with Crippen molar-refractivity contribution in [1.29, 1.82) is 0 Å². The van der Waals surface area contributed by atoms with Crippen molar-refractivity contribution in [2.24, 2.45) is 0 Å². The number of benzene rings is 1. The van der Waals surface area contributed by atoms with Crippen LogP contribution in [0.2, 0.25) is 0 Å². The fraction of sp³-hybridized carbons (Fsp3) is 0.421. The number of hydrogen-bond acceptors (Lipinski definition) is 7. The molecule has 1 aromatic carbocycles. The molecule has 0 N–H and O–H groups in total. The first-order chi connectivity index (χ1) is 13.5. The third kappa shape index (κ3) is 4.60. The van der Waals surface area contributed by atoms with Crippen LogP contribution in [-0.4, -0.2) is 64.4 Å². The van der Waals surface area contributed by atoms with Crippen molar-refractivity contribution >= 4 is 27.6 Å². The lowest BCUT2D eigenvalue weighted by Gasteiger charge is -2.26. The molecule has 1 aromatic heterocycles. The number of nitrogens with zero attached hydrogens (tertiary/aromatic N) is 3. The summed E-state index contributed by atoms with van der Waals surface area (Å²) in [7, 11) is 0.0618. The molecule has 0 atom stereocenters. The van der Waals surface area contributed by atoms with Gasteiger partial charge in [-0.1, -0.05) is 6.07 Å². The number of aromatic nitrogens is 1. The van der Waals surface area contributed by atoms with Crippen molar-refractivity contribution in [3.8, 4) is 5.75 Å². The second-order valence-corrected chi connectivity index (χ2v) is 9.20. The van der Waals surface area contributed by atoms with Crippen LogP contribution < -0.4 is 9.64 Å². The highest BCUT2D eigenvalue weighted by atomic mass is 32.2. The highest BCUT2D eigenvalue weighted by Gasteiger charge is 2.26. The molecule has 0 bridgehead atoms. The number of anilines is 1. The number of rotatable bonds is 7. The molecule has 152 valence electrons. The van der Waals surface area contributed by atoms with Crippen LogP contribution in [0, 0.1) is 0 Å². The van der Waals surface area contributed by atoms with Crippen LogP contribution in [0.25, 0.3) is 0 Å². The normalized spacial score (nSPS) is 15.4. The van der Waals surface area contributed by atoms with E-state index in [0.29, 0.717) is 38.7 Å². The standard InChI is InChI=1S/C19H25N3O4S2/c1-21(14-15-4-6-18(27-3)17(12-15)25-2)19-7-5-16(13-20-19)28(23,24)22-8-10-26-11-9-22/h4-7,12-13H,8-11,14H2,1-3H3. The van der Waals surface area contributed by atoms with E-state index in [2.05, 4.69) is 11.1 Å². The van der Waals surface area contributed by atoms with Crippen LogP contribution in [0.5, 0.6) is 5.75 Å². The zero-order valence-corrected chi connectivity index (χ0v) is 17.9. The molecule has 7 nitrogen and oxygen atoms in total. The third-order valence-electron chi connectivity index (χ3n) is 4.59. The number of sulfonamides is 1. The van der Waals surface area contributed by atoms with E-state index in [0.717, 1.165) is 16.2 Å². The van der Waals surface area contributed by atoms with Gasteiger partial charge in [0.15, 0.2) is 0 Å². The third-order valence-corrected chi connectivity index (χ3v) is 7.25. The van der Waals surface area contributed by atoms with E-state index < -0.39 is 10.0 Å². The van der Waals surface area contributed by atoms with Gasteiger partial charge >= 0.3 is 0 Å². The van der Waals surface area contributed by atoms with Crippen molar-refractivity contribution in [2.75, 3.05) is 51.6 Å². The van der Waals surface area contributed by atoms with Gasteiger partial charge in [-0.3, -0.25) is 0 Å². The van der Waals surface area contributed by atoms with Gasteiger partial charge in [0, 0.05) is 37.8 Å². The summed E-state index contributed by atoms with van der Waals surface area (Å²) in [5.41, 5.74) is 1.09. The Hall–Kier alpha value is -1.81. The monoisotopic (exact) mass is 423 g/mol. The second kappa shape index (κ2) is 9.13. The van der Waals surface area contributed by atoms with Crippen molar-refractivity contribution in [1.82, 2.24) is 9.29 Å². The number of hydrogen-bond donors (Lipinski definition) is 0.